The lowest BCUT2D eigenvalue weighted by Crippen LogP contribution is -2.67. The molecule has 0 spiro atoms. The molecule has 5 atom stereocenters. The summed E-state index contributed by atoms with van der Waals surface area (Å²) in [5.41, 5.74) is 3.74. The molecule has 0 radical (unpaired) electrons. The van der Waals surface area contributed by atoms with Crippen molar-refractivity contribution in [3.05, 3.63) is 128 Å². The van der Waals surface area contributed by atoms with Gasteiger partial charge in [-0.1, -0.05) is 78.9 Å². The molecular weight excluding hydrogens is 488 g/mol. The van der Waals surface area contributed by atoms with Crippen molar-refractivity contribution >= 4 is 32.4 Å². The molecule has 1 aromatic heterocycles. The topological polar surface area (TPSA) is 22.1 Å². The van der Waals surface area contributed by atoms with Crippen molar-refractivity contribution in [3.63, 3.8) is 0 Å². The maximum absolute atomic E-state index is 6.80. The minimum absolute atomic E-state index is 0.0410. The van der Waals surface area contributed by atoms with Crippen LogP contribution in [0.3, 0.4) is 0 Å². The van der Waals surface area contributed by atoms with Gasteiger partial charge in [0.25, 0.3) is 0 Å². The van der Waals surface area contributed by atoms with Crippen molar-refractivity contribution in [2.45, 2.75) is 31.5 Å². The van der Waals surface area contributed by atoms with Gasteiger partial charge in [0.1, 0.15) is 18.7 Å². The Kier molecular flexibility index (Phi) is 6.50. The molecule has 3 fully saturated rings. The Balaban J connectivity index is 1.41. The van der Waals surface area contributed by atoms with Crippen LogP contribution in [-0.4, -0.2) is 35.2 Å². The molecule has 2 bridgehead atoms. The van der Waals surface area contributed by atoms with Gasteiger partial charge in [0.05, 0.1) is 25.2 Å². The highest BCUT2D eigenvalue weighted by molar-refractivity contribution is 6.02. The normalized spacial score (nSPS) is 24.9. The third-order valence-corrected chi connectivity index (χ3v) is 9.76. The Morgan fingerprint density at radius 2 is 1.60 bits per heavy atom. The van der Waals surface area contributed by atoms with Crippen LogP contribution in [0.25, 0.3) is 32.4 Å². The maximum Gasteiger partial charge on any atom is 0.135 e. The second-order valence-corrected chi connectivity index (χ2v) is 11.8. The van der Waals surface area contributed by atoms with Crippen molar-refractivity contribution in [2.24, 2.45) is 11.8 Å². The van der Waals surface area contributed by atoms with Crippen LogP contribution in [0.5, 0.6) is 0 Å². The van der Waals surface area contributed by atoms with Gasteiger partial charge in [0.2, 0.25) is 0 Å². The fraction of sp³-hybridized carbons (Fsp3) is 0.270. The monoisotopic (exact) mass is 525 g/mol. The lowest BCUT2D eigenvalue weighted by Gasteiger charge is -2.58. The van der Waals surface area contributed by atoms with Crippen LogP contribution in [-0.2, 0) is 11.3 Å². The van der Waals surface area contributed by atoms with Gasteiger partial charge in [-0.2, -0.15) is 0 Å². The predicted octanol–water partition coefficient (Wildman–Crippen LogP) is 8.40. The minimum atomic E-state index is -0.0410. The first-order valence-corrected chi connectivity index (χ1v) is 14.6. The van der Waals surface area contributed by atoms with Crippen molar-refractivity contribution in [3.8, 4) is 0 Å². The van der Waals surface area contributed by atoms with E-state index in [4.69, 9.17) is 4.74 Å². The number of benzene rings is 4. The molecule has 0 N–H and O–H groups in total. The third kappa shape index (κ3) is 4.16. The molecule has 3 heteroatoms. The molecule has 0 aliphatic carbocycles. The highest BCUT2D eigenvalue weighted by Gasteiger charge is 2.54. The number of pyridine rings is 1. The van der Waals surface area contributed by atoms with E-state index in [0.29, 0.717) is 24.5 Å². The highest BCUT2D eigenvalue weighted by Crippen LogP contribution is 2.50. The average molecular weight is 526 g/mol. The van der Waals surface area contributed by atoms with E-state index in [1.54, 1.807) is 0 Å². The molecule has 4 unspecified atom stereocenters. The lowest BCUT2D eigenvalue weighted by molar-refractivity contribution is -0.984. The van der Waals surface area contributed by atoms with Crippen molar-refractivity contribution in [1.29, 1.82) is 0 Å². The highest BCUT2D eigenvalue weighted by atomic mass is 16.5. The molecule has 0 saturated carbocycles. The molecule has 40 heavy (non-hydrogen) atoms. The molecule has 8 rings (SSSR count). The molecule has 3 aliphatic rings. The third-order valence-electron chi connectivity index (χ3n) is 9.76. The first-order chi connectivity index (χ1) is 19.7. The summed E-state index contributed by atoms with van der Waals surface area (Å²) in [7, 11) is 0. The average Bonchev–Trinajstić information content (AvgIpc) is 3.01. The summed E-state index contributed by atoms with van der Waals surface area (Å²) in [6.07, 6.45) is 8.41. The van der Waals surface area contributed by atoms with Crippen LogP contribution in [0.1, 0.15) is 30.1 Å². The Labute approximate surface area is 237 Å². The molecule has 5 aromatic rings. The van der Waals surface area contributed by atoms with Gasteiger partial charge >= 0.3 is 0 Å². The van der Waals surface area contributed by atoms with Gasteiger partial charge in [-0.25, -0.2) is 0 Å². The molecule has 3 aliphatic heterocycles. The predicted molar refractivity (Wildman–Crippen MR) is 166 cm³/mol. The van der Waals surface area contributed by atoms with Gasteiger partial charge in [-0.15, -0.1) is 13.2 Å². The number of hydrogen-bond donors (Lipinski definition) is 0. The van der Waals surface area contributed by atoms with Gasteiger partial charge < -0.3 is 9.22 Å². The second kappa shape index (κ2) is 10.3. The summed E-state index contributed by atoms with van der Waals surface area (Å²) in [5.74, 6) is 1.18. The van der Waals surface area contributed by atoms with Crippen molar-refractivity contribution in [2.75, 3.05) is 19.7 Å². The van der Waals surface area contributed by atoms with Gasteiger partial charge in [-0.05, 0) is 51.2 Å². The minimum Gasteiger partial charge on any atom is -0.363 e. The number of quaternary nitrogens is 1. The maximum atomic E-state index is 6.80. The number of ether oxygens (including phenoxy) is 1. The number of nitrogens with zero attached hydrogens (tertiary/aromatic N) is 2. The molecule has 3 saturated heterocycles. The summed E-state index contributed by atoms with van der Waals surface area (Å²) in [6.45, 7) is 12.1. The van der Waals surface area contributed by atoms with Crippen LogP contribution in [0.15, 0.2) is 116 Å². The smallest absolute Gasteiger partial charge is 0.135 e. The Bertz CT molecular complexity index is 1670. The van der Waals surface area contributed by atoms with E-state index >= 15 is 0 Å². The van der Waals surface area contributed by atoms with Crippen LogP contribution in [0.2, 0.25) is 0 Å². The number of aromatic nitrogens is 1. The molecule has 200 valence electrons. The summed E-state index contributed by atoms with van der Waals surface area (Å²) in [6, 6.07) is 31.2. The quantitative estimate of drug-likeness (QED) is 0.115. The Morgan fingerprint density at radius 3 is 2.33 bits per heavy atom. The van der Waals surface area contributed by atoms with E-state index in [2.05, 4.69) is 109 Å². The number of fused-ring (bicyclic) bond motifs is 6. The summed E-state index contributed by atoms with van der Waals surface area (Å²) < 4.78 is 7.81. The molecule has 4 heterocycles. The molecule has 4 aromatic carbocycles. The fourth-order valence-corrected chi connectivity index (χ4v) is 7.90. The van der Waals surface area contributed by atoms with Crippen LogP contribution < -0.4 is 0 Å². The second-order valence-electron chi connectivity index (χ2n) is 11.8. The fourth-order valence-electron chi connectivity index (χ4n) is 7.90. The van der Waals surface area contributed by atoms with E-state index in [0.717, 1.165) is 36.1 Å². The van der Waals surface area contributed by atoms with E-state index in [-0.39, 0.29) is 6.10 Å². The van der Waals surface area contributed by atoms with E-state index in [1.165, 1.54) is 44.5 Å². The SMILES string of the molecule is C=CCOC(c1ccnc2ccccc12)C1CC2CC[N+]1(Cc1c3ccccc3cc3ccccc13)C[C@@H]2C=C. The molecule has 0 amide bonds. The number of piperidine rings is 3. The van der Waals surface area contributed by atoms with Crippen molar-refractivity contribution in [1.82, 2.24) is 4.98 Å². The van der Waals surface area contributed by atoms with Crippen LogP contribution in [0.4, 0.5) is 0 Å². The van der Waals surface area contributed by atoms with Gasteiger partial charge in [-0.3, -0.25) is 4.98 Å². The Morgan fingerprint density at radius 1 is 0.900 bits per heavy atom. The summed E-state index contributed by atoms with van der Waals surface area (Å²) in [4.78, 5) is 4.68. The largest absolute Gasteiger partial charge is 0.363 e. The molecule has 3 nitrogen and oxygen atoms in total. The van der Waals surface area contributed by atoms with Crippen molar-refractivity contribution < 1.29 is 9.22 Å². The standard InChI is InChI=1S/C37H37N2O/c1-3-21-40-37(33-17-19-38-35-16-10-9-15-32(33)35)36-23-27-18-20-39(36,24-26(27)4-2)25-34-30-13-7-5-11-28(30)22-29-12-6-8-14-31(29)34/h3-17,19,22,26-27,36-37H,1-2,18,20-21,23-25H2/q+1/t26-,27?,36?,37?,39?/m0/s1. The summed E-state index contributed by atoms with van der Waals surface area (Å²) in [5, 5.41) is 6.56. The van der Waals surface area contributed by atoms with E-state index < -0.39 is 0 Å². The molecular formula is C37H37N2O+. The summed E-state index contributed by atoms with van der Waals surface area (Å²) >= 11 is 0. The van der Waals surface area contributed by atoms with Gasteiger partial charge in [0.15, 0.2) is 0 Å². The first kappa shape index (κ1) is 25.2. The number of rotatable bonds is 8. The first-order valence-electron chi connectivity index (χ1n) is 14.6. The number of hydrogen-bond acceptors (Lipinski definition) is 2. The van der Waals surface area contributed by atoms with E-state index in [9.17, 15) is 0 Å². The lowest BCUT2D eigenvalue weighted by atomic mass is 9.70. The zero-order valence-electron chi connectivity index (χ0n) is 23.1. The van der Waals surface area contributed by atoms with E-state index in [1.807, 2.05) is 12.3 Å². The number of para-hydroxylation sites is 1. The van der Waals surface area contributed by atoms with Gasteiger partial charge in [0, 0.05) is 35.9 Å². The zero-order chi connectivity index (χ0) is 27.1. The van der Waals surface area contributed by atoms with Crippen LogP contribution in [0, 0.1) is 11.8 Å². The van der Waals surface area contributed by atoms with Crippen LogP contribution >= 0.6 is 0 Å². The Hall–Kier alpha value is -3.79. The zero-order valence-corrected chi connectivity index (χ0v) is 23.1.